The van der Waals surface area contributed by atoms with E-state index in [2.05, 4.69) is 82.8 Å². The van der Waals surface area contributed by atoms with Crippen molar-refractivity contribution in [2.45, 2.75) is 11.5 Å². The van der Waals surface area contributed by atoms with Crippen LogP contribution in [0.1, 0.15) is 39.9 Å². The Balaban J connectivity index is 1.75. The van der Waals surface area contributed by atoms with Gasteiger partial charge >= 0.3 is 0 Å². The molecule has 0 aliphatic heterocycles. The highest BCUT2D eigenvalue weighted by Gasteiger charge is 2.40. The molecule has 0 bridgehead atoms. The van der Waals surface area contributed by atoms with Crippen LogP contribution in [0.4, 0.5) is 0 Å². The summed E-state index contributed by atoms with van der Waals surface area (Å²) in [5.41, 5.74) is 4.49. The first-order chi connectivity index (χ1) is 15.8. The molecule has 0 aliphatic rings. The molecule has 0 amide bonds. The lowest BCUT2D eigenvalue weighted by atomic mass is 9.67. The zero-order chi connectivity index (χ0) is 21.8. The van der Waals surface area contributed by atoms with Crippen LogP contribution in [0.5, 0.6) is 0 Å². The van der Waals surface area contributed by atoms with Crippen LogP contribution in [0.2, 0.25) is 0 Å². The van der Waals surface area contributed by atoms with Gasteiger partial charge in [0.05, 0.1) is 11.1 Å². The van der Waals surface area contributed by atoms with Crippen molar-refractivity contribution in [3.8, 4) is 0 Å². The van der Waals surface area contributed by atoms with Crippen LogP contribution in [-0.4, -0.2) is 15.1 Å². The molecule has 1 heterocycles. The second-order valence-electron chi connectivity index (χ2n) is 7.84. The molecule has 156 valence electrons. The van der Waals surface area contributed by atoms with Crippen molar-refractivity contribution in [1.82, 2.24) is 9.97 Å². The average Bonchev–Trinajstić information content (AvgIpc) is 3.37. The van der Waals surface area contributed by atoms with E-state index < -0.39 is 11.5 Å². The predicted octanol–water partition coefficient (Wildman–Crippen LogP) is 5.87. The number of hydrogen-bond donors (Lipinski definition) is 2. The van der Waals surface area contributed by atoms with E-state index in [9.17, 15) is 5.11 Å². The number of rotatable bonds is 6. The third-order valence-electron chi connectivity index (χ3n) is 5.99. The van der Waals surface area contributed by atoms with Crippen molar-refractivity contribution in [1.29, 1.82) is 0 Å². The largest absolute Gasteiger partial charge is 0.380 e. The topological polar surface area (TPSA) is 48.9 Å². The molecule has 5 aromatic rings. The molecule has 3 nitrogen and oxygen atoms in total. The summed E-state index contributed by atoms with van der Waals surface area (Å²) in [5.74, 6) is 0.526. The molecule has 1 unspecified atom stereocenters. The fraction of sp³-hybridized carbons (Fsp3) is 0.0690. The van der Waals surface area contributed by atoms with Gasteiger partial charge in [0, 0.05) is 6.20 Å². The van der Waals surface area contributed by atoms with Crippen LogP contribution in [0.15, 0.2) is 128 Å². The first-order valence-corrected chi connectivity index (χ1v) is 10.7. The highest BCUT2D eigenvalue weighted by molar-refractivity contribution is 5.57. The van der Waals surface area contributed by atoms with Gasteiger partial charge in [-0.05, 0) is 22.3 Å². The summed E-state index contributed by atoms with van der Waals surface area (Å²) < 4.78 is 0. The fourth-order valence-corrected chi connectivity index (χ4v) is 4.49. The third-order valence-corrected chi connectivity index (χ3v) is 5.99. The predicted molar refractivity (Wildman–Crippen MR) is 127 cm³/mol. The van der Waals surface area contributed by atoms with Crippen LogP contribution in [-0.2, 0) is 5.41 Å². The van der Waals surface area contributed by atoms with Gasteiger partial charge in [-0.3, -0.25) is 0 Å². The number of aromatic nitrogens is 2. The molecule has 32 heavy (non-hydrogen) atoms. The van der Waals surface area contributed by atoms with Gasteiger partial charge < -0.3 is 10.1 Å². The molecule has 0 spiro atoms. The van der Waals surface area contributed by atoms with Crippen LogP contribution in [0, 0.1) is 0 Å². The number of nitrogens with zero attached hydrogens (tertiary/aromatic N) is 1. The van der Waals surface area contributed by atoms with Crippen molar-refractivity contribution in [3.63, 3.8) is 0 Å². The zero-order valence-corrected chi connectivity index (χ0v) is 17.6. The lowest BCUT2D eigenvalue weighted by molar-refractivity contribution is 0.211. The van der Waals surface area contributed by atoms with Crippen molar-refractivity contribution in [3.05, 3.63) is 161 Å². The molecular formula is C29H24N2O. The molecule has 1 aromatic heterocycles. The smallest absolute Gasteiger partial charge is 0.139 e. The number of aromatic amines is 1. The van der Waals surface area contributed by atoms with E-state index in [4.69, 9.17) is 0 Å². The summed E-state index contributed by atoms with van der Waals surface area (Å²) in [6.07, 6.45) is 1.03. The summed E-state index contributed by atoms with van der Waals surface area (Å²) in [6.45, 7) is 0. The summed E-state index contributed by atoms with van der Waals surface area (Å²) >= 11 is 0. The highest BCUT2D eigenvalue weighted by atomic mass is 16.3. The van der Waals surface area contributed by atoms with Crippen molar-refractivity contribution >= 4 is 0 Å². The molecule has 0 aliphatic carbocycles. The minimum absolute atomic E-state index is 0.526. The first kappa shape index (κ1) is 20.0. The maximum Gasteiger partial charge on any atom is 0.139 e. The zero-order valence-electron chi connectivity index (χ0n) is 17.6. The summed E-state index contributed by atoms with van der Waals surface area (Å²) in [5, 5.41) is 11.0. The van der Waals surface area contributed by atoms with E-state index in [0.717, 1.165) is 27.9 Å². The SMILES string of the molecule is OC(c1ccccc1)c1ncc(C(c2ccccc2)(c2ccccc2)c2ccccc2)[nH]1. The van der Waals surface area contributed by atoms with Gasteiger partial charge in [0.25, 0.3) is 0 Å². The van der Waals surface area contributed by atoms with E-state index in [0.29, 0.717) is 5.82 Å². The quantitative estimate of drug-likeness (QED) is 0.340. The van der Waals surface area contributed by atoms with Crippen LogP contribution < -0.4 is 0 Å². The van der Waals surface area contributed by atoms with Gasteiger partial charge in [0.2, 0.25) is 0 Å². The number of aliphatic hydroxyl groups excluding tert-OH is 1. The molecule has 4 aromatic carbocycles. The lowest BCUT2D eigenvalue weighted by Crippen LogP contribution is -2.31. The van der Waals surface area contributed by atoms with Crippen LogP contribution >= 0.6 is 0 Å². The maximum atomic E-state index is 11.0. The Kier molecular flexibility index (Phi) is 5.40. The summed E-state index contributed by atoms with van der Waals surface area (Å²) in [6, 6.07) is 40.9. The lowest BCUT2D eigenvalue weighted by Gasteiger charge is -2.35. The molecular weight excluding hydrogens is 392 g/mol. The molecule has 5 rings (SSSR count). The normalized spacial score (nSPS) is 12.4. The molecule has 0 radical (unpaired) electrons. The number of nitrogens with one attached hydrogen (secondary N) is 1. The van der Waals surface area contributed by atoms with E-state index in [-0.39, 0.29) is 0 Å². The third kappa shape index (κ3) is 3.43. The Morgan fingerprint density at radius 3 is 1.44 bits per heavy atom. The van der Waals surface area contributed by atoms with Gasteiger partial charge in [-0.25, -0.2) is 4.98 Å². The molecule has 1 atom stereocenters. The number of H-pyrrole nitrogens is 1. The summed E-state index contributed by atoms with van der Waals surface area (Å²) in [7, 11) is 0. The number of imidazole rings is 1. The van der Waals surface area contributed by atoms with Gasteiger partial charge in [0.15, 0.2) is 0 Å². The second kappa shape index (κ2) is 8.66. The number of hydrogen-bond acceptors (Lipinski definition) is 2. The Hall–Kier alpha value is -3.95. The van der Waals surface area contributed by atoms with Crippen LogP contribution in [0.3, 0.4) is 0 Å². The molecule has 0 fully saturated rings. The second-order valence-corrected chi connectivity index (χ2v) is 7.84. The standard InChI is InChI=1S/C29H24N2O/c32-27(22-13-5-1-6-14-22)28-30-21-26(31-28)29(23-15-7-2-8-16-23,24-17-9-3-10-18-24)25-19-11-4-12-20-25/h1-21,27,32H,(H,30,31). The van der Waals surface area contributed by atoms with Crippen molar-refractivity contribution < 1.29 is 5.11 Å². The highest BCUT2D eigenvalue weighted by Crippen LogP contribution is 2.44. The Morgan fingerprint density at radius 2 is 1.00 bits per heavy atom. The molecule has 0 saturated heterocycles. The maximum absolute atomic E-state index is 11.0. The fourth-order valence-electron chi connectivity index (χ4n) is 4.49. The van der Waals surface area contributed by atoms with Crippen molar-refractivity contribution in [2.24, 2.45) is 0 Å². The van der Waals surface area contributed by atoms with Gasteiger partial charge in [0.1, 0.15) is 11.9 Å². The molecule has 0 saturated carbocycles. The monoisotopic (exact) mass is 416 g/mol. The van der Waals surface area contributed by atoms with Gasteiger partial charge in [-0.15, -0.1) is 0 Å². The van der Waals surface area contributed by atoms with E-state index in [1.54, 1.807) is 0 Å². The Morgan fingerprint density at radius 1 is 0.594 bits per heavy atom. The Bertz CT molecular complexity index is 1170. The van der Waals surface area contributed by atoms with Crippen LogP contribution in [0.25, 0.3) is 0 Å². The minimum Gasteiger partial charge on any atom is -0.380 e. The number of aliphatic hydroxyl groups is 1. The Labute approximate surface area is 188 Å². The molecule has 2 N–H and O–H groups in total. The van der Waals surface area contributed by atoms with E-state index in [1.807, 2.05) is 54.7 Å². The summed E-state index contributed by atoms with van der Waals surface area (Å²) in [4.78, 5) is 8.12. The molecule has 3 heteroatoms. The van der Waals surface area contributed by atoms with E-state index in [1.165, 1.54) is 0 Å². The van der Waals surface area contributed by atoms with Crippen molar-refractivity contribution in [2.75, 3.05) is 0 Å². The van der Waals surface area contributed by atoms with Gasteiger partial charge in [-0.2, -0.15) is 0 Å². The average molecular weight is 417 g/mol. The first-order valence-electron chi connectivity index (χ1n) is 10.7. The van der Waals surface area contributed by atoms with Gasteiger partial charge in [-0.1, -0.05) is 121 Å². The number of benzene rings is 4. The van der Waals surface area contributed by atoms with E-state index >= 15 is 0 Å². The minimum atomic E-state index is -0.829.